The number of aromatic nitrogens is 2. The highest BCUT2D eigenvalue weighted by Gasteiger charge is 2.24. The molecule has 2 aromatic rings. The Morgan fingerprint density at radius 2 is 1.79 bits per heavy atom. The van der Waals surface area contributed by atoms with Crippen molar-refractivity contribution in [2.24, 2.45) is 0 Å². The Labute approximate surface area is 119 Å². The quantitative estimate of drug-likeness (QED) is 0.908. The van der Waals surface area contributed by atoms with Crippen LogP contribution in [0.1, 0.15) is 37.6 Å². The zero-order valence-corrected chi connectivity index (χ0v) is 12.6. The largest absolute Gasteiger partial charge is 0.383 e. The Morgan fingerprint density at radius 1 is 1.21 bits per heavy atom. The highest BCUT2D eigenvalue weighted by atomic mass is 35.5. The molecular formula is C15H20ClN3. The molecule has 0 spiro atoms. The molecule has 19 heavy (non-hydrogen) atoms. The molecule has 0 radical (unpaired) electrons. The lowest BCUT2D eigenvalue weighted by molar-refractivity contribution is 0.546. The van der Waals surface area contributed by atoms with Crippen LogP contribution in [0.2, 0.25) is 5.02 Å². The van der Waals surface area contributed by atoms with Crippen LogP contribution in [0.4, 0.5) is 5.82 Å². The lowest BCUT2D eigenvalue weighted by Gasteiger charge is -2.15. The molecule has 0 unspecified atom stereocenters. The zero-order chi connectivity index (χ0) is 14.2. The minimum atomic E-state index is -0.107. The minimum Gasteiger partial charge on any atom is -0.383 e. The van der Waals surface area contributed by atoms with Crippen molar-refractivity contribution in [1.29, 1.82) is 0 Å². The fourth-order valence-corrected chi connectivity index (χ4v) is 2.34. The summed E-state index contributed by atoms with van der Waals surface area (Å²) in [6.07, 6.45) is 0. The molecule has 0 amide bonds. The molecule has 0 atom stereocenters. The first kappa shape index (κ1) is 13.9. The van der Waals surface area contributed by atoms with Crippen molar-refractivity contribution >= 4 is 17.4 Å². The number of nitrogen functional groups attached to an aromatic ring is 1. The second-order valence-corrected chi connectivity index (χ2v) is 6.32. The Hall–Kier alpha value is -1.48. The van der Waals surface area contributed by atoms with Crippen LogP contribution in [0.15, 0.2) is 24.3 Å². The van der Waals surface area contributed by atoms with E-state index >= 15 is 0 Å². The highest BCUT2D eigenvalue weighted by Crippen LogP contribution is 2.32. The van der Waals surface area contributed by atoms with Gasteiger partial charge in [-0.1, -0.05) is 62.2 Å². The summed E-state index contributed by atoms with van der Waals surface area (Å²) < 4.78 is 1.77. The van der Waals surface area contributed by atoms with E-state index in [4.69, 9.17) is 17.3 Å². The van der Waals surface area contributed by atoms with Gasteiger partial charge in [-0.15, -0.1) is 0 Å². The Balaban J connectivity index is 2.34. The second-order valence-electron chi connectivity index (χ2n) is 5.94. The molecular weight excluding hydrogens is 258 g/mol. The van der Waals surface area contributed by atoms with Gasteiger partial charge < -0.3 is 5.73 Å². The minimum absolute atomic E-state index is 0.107. The molecule has 102 valence electrons. The van der Waals surface area contributed by atoms with E-state index < -0.39 is 0 Å². The van der Waals surface area contributed by atoms with Gasteiger partial charge in [0.2, 0.25) is 0 Å². The van der Waals surface area contributed by atoms with Crippen LogP contribution >= 0.6 is 11.6 Å². The summed E-state index contributed by atoms with van der Waals surface area (Å²) in [6.45, 7) is 8.95. The summed E-state index contributed by atoms with van der Waals surface area (Å²) in [5.74, 6) is 0.534. The van der Waals surface area contributed by atoms with Crippen molar-refractivity contribution in [1.82, 2.24) is 9.78 Å². The number of hydrogen-bond donors (Lipinski definition) is 1. The SMILES string of the molecule is Cc1ccc(Cn2nc(C(C)(C)C)c(Cl)c2N)cc1. The van der Waals surface area contributed by atoms with Crippen LogP contribution < -0.4 is 5.73 Å². The summed E-state index contributed by atoms with van der Waals surface area (Å²) in [6, 6.07) is 8.34. The third-order valence-corrected chi connectivity index (χ3v) is 3.47. The van der Waals surface area contributed by atoms with E-state index in [-0.39, 0.29) is 5.41 Å². The third kappa shape index (κ3) is 2.92. The van der Waals surface area contributed by atoms with Crippen molar-refractivity contribution in [2.45, 2.75) is 39.7 Å². The van der Waals surface area contributed by atoms with Crippen LogP contribution in [0, 0.1) is 6.92 Å². The first-order chi connectivity index (χ1) is 8.79. The van der Waals surface area contributed by atoms with Crippen LogP contribution in [-0.2, 0) is 12.0 Å². The third-order valence-electron chi connectivity index (χ3n) is 3.09. The highest BCUT2D eigenvalue weighted by molar-refractivity contribution is 6.33. The monoisotopic (exact) mass is 277 g/mol. The maximum atomic E-state index is 6.28. The molecule has 0 aliphatic carbocycles. The zero-order valence-electron chi connectivity index (χ0n) is 11.9. The van der Waals surface area contributed by atoms with Gasteiger partial charge in [0.15, 0.2) is 0 Å². The molecule has 0 saturated heterocycles. The van der Waals surface area contributed by atoms with Crippen molar-refractivity contribution in [3.8, 4) is 0 Å². The number of hydrogen-bond acceptors (Lipinski definition) is 2. The Bertz CT molecular complexity index is 577. The van der Waals surface area contributed by atoms with Crippen molar-refractivity contribution < 1.29 is 0 Å². The maximum absolute atomic E-state index is 6.28. The Kier molecular flexibility index (Phi) is 3.59. The van der Waals surface area contributed by atoms with Gasteiger partial charge in [0.1, 0.15) is 10.8 Å². The molecule has 4 heteroatoms. The van der Waals surface area contributed by atoms with Crippen LogP contribution in [-0.4, -0.2) is 9.78 Å². The fraction of sp³-hybridized carbons (Fsp3) is 0.400. The predicted octanol–water partition coefficient (Wildman–Crippen LogP) is 3.77. The molecule has 1 aromatic carbocycles. The normalized spacial score (nSPS) is 11.8. The molecule has 1 heterocycles. The lowest BCUT2D eigenvalue weighted by atomic mass is 9.92. The van der Waals surface area contributed by atoms with Gasteiger partial charge in [0.25, 0.3) is 0 Å². The molecule has 2 rings (SSSR count). The topological polar surface area (TPSA) is 43.8 Å². The number of benzene rings is 1. The first-order valence-corrected chi connectivity index (χ1v) is 6.74. The number of rotatable bonds is 2. The number of nitrogens with two attached hydrogens (primary N) is 1. The number of halogens is 1. The summed E-state index contributed by atoms with van der Waals surface area (Å²) in [5.41, 5.74) is 9.19. The molecule has 0 fully saturated rings. The van der Waals surface area contributed by atoms with Gasteiger partial charge >= 0.3 is 0 Å². The van der Waals surface area contributed by atoms with E-state index in [1.165, 1.54) is 5.56 Å². The predicted molar refractivity (Wildman–Crippen MR) is 80.6 cm³/mol. The van der Waals surface area contributed by atoms with Crippen LogP contribution in [0.5, 0.6) is 0 Å². The van der Waals surface area contributed by atoms with Gasteiger partial charge in [-0.05, 0) is 12.5 Å². The lowest BCUT2D eigenvalue weighted by Crippen LogP contribution is -2.13. The van der Waals surface area contributed by atoms with Crippen molar-refractivity contribution in [2.75, 3.05) is 5.73 Å². The fourth-order valence-electron chi connectivity index (χ4n) is 1.92. The standard InChI is InChI=1S/C15H20ClN3/c1-10-5-7-11(8-6-10)9-19-14(17)12(16)13(18-19)15(2,3)4/h5-8H,9,17H2,1-4H3. The smallest absolute Gasteiger partial charge is 0.141 e. The molecule has 0 bridgehead atoms. The van der Waals surface area contributed by atoms with Gasteiger partial charge in [-0.3, -0.25) is 0 Å². The van der Waals surface area contributed by atoms with Gasteiger partial charge in [0, 0.05) is 5.41 Å². The molecule has 2 N–H and O–H groups in total. The summed E-state index contributed by atoms with van der Waals surface area (Å²) in [5, 5.41) is 5.13. The van der Waals surface area contributed by atoms with Gasteiger partial charge in [-0.25, -0.2) is 4.68 Å². The van der Waals surface area contributed by atoms with E-state index in [9.17, 15) is 0 Å². The van der Waals surface area contributed by atoms with Crippen LogP contribution in [0.3, 0.4) is 0 Å². The van der Waals surface area contributed by atoms with Crippen molar-refractivity contribution in [3.05, 3.63) is 46.1 Å². The Morgan fingerprint density at radius 3 is 2.26 bits per heavy atom. The average Bonchev–Trinajstić information content (AvgIpc) is 2.60. The molecule has 0 aliphatic heterocycles. The van der Waals surface area contributed by atoms with E-state index in [1.54, 1.807) is 4.68 Å². The van der Waals surface area contributed by atoms with E-state index in [2.05, 4.69) is 57.1 Å². The second kappa shape index (κ2) is 4.89. The summed E-state index contributed by atoms with van der Waals surface area (Å²) in [7, 11) is 0. The van der Waals surface area contributed by atoms with E-state index in [0.717, 1.165) is 11.3 Å². The molecule has 0 saturated carbocycles. The number of aryl methyl sites for hydroxylation is 1. The van der Waals surface area contributed by atoms with Crippen LogP contribution in [0.25, 0.3) is 0 Å². The number of anilines is 1. The first-order valence-electron chi connectivity index (χ1n) is 6.37. The van der Waals surface area contributed by atoms with Gasteiger partial charge in [0.05, 0.1) is 12.2 Å². The molecule has 0 aliphatic rings. The molecule has 1 aromatic heterocycles. The summed E-state index contributed by atoms with van der Waals surface area (Å²) in [4.78, 5) is 0. The summed E-state index contributed by atoms with van der Waals surface area (Å²) >= 11 is 6.28. The number of nitrogens with zero attached hydrogens (tertiary/aromatic N) is 2. The van der Waals surface area contributed by atoms with E-state index in [0.29, 0.717) is 17.4 Å². The van der Waals surface area contributed by atoms with Crippen molar-refractivity contribution in [3.63, 3.8) is 0 Å². The average molecular weight is 278 g/mol. The van der Waals surface area contributed by atoms with Gasteiger partial charge in [-0.2, -0.15) is 5.10 Å². The molecule has 3 nitrogen and oxygen atoms in total. The maximum Gasteiger partial charge on any atom is 0.141 e. The van der Waals surface area contributed by atoms with E-state index in [1.807, 2.05) is 0 Å².